The van der Waals surface area contributed by atoms with Gasteiger partial charge in [0, 0.05) is 62.5 Å². The highest BCUT2D eigenvalue weighted by Crippen LogP contribution is 2.32. The molecule has 4 aliphatic rings. The molecule has 8 atom stereocenters. The van der Waals surface area contributed by atoms with Crippen LogP contribution >= 0.6 is 0 Å². The SMILES string of the molecule is CN[C@@H](C)C(=O)N[C@H](C(=O)N1CC[C@@H](N)C[C@H]1CN(CCc1ccccc1)C(=O)c1ccc(-c2ccc(C(=O)N(CCc3ccccc3)C[C@@H]3C[C@H](N)CCN3C(=O)[C@@H](NC(=O)[C@H](C)NC)C3CCCCC3)cc2)cc1)C1CCCCC1. The topological polar surface area (TPSA) is 216 Å². The van der Waals surface area contributed by atoms with Gasteiger partial charge in [-0.25, -0.2) is 0 Å². The molecule has 8 rings (SSSR count). The monoisotopic (exact) mass is 1120 g/mol. The highest BCUT2D eigenvalue weighted by Gasteiger charge is 2.42. The molecule has 4 aromatic carbocycles. The molecular formula is C66H92N10O6. The van der Waals surface area contributed by atoms with Crippen molar-refractivity contribution in [2.45, 2.75) is 165 Å². The van der Waals surface area contributed by atoms with E-state index in [1.54, 1.807) is 27.9 Å². The summed E-state index contributed by atoms with van der Waals surface area (Å²) in [6.07, 6.45) is 13.4. The van der Waals surface area contributed by atoms with Crippen molar-refractivity contribution in [1.82, 2.24) is 40.9 Å². The summed E-state index contributed by atoms with van der Waals surface area (Å²) in [5.41, 5.74) is 18.3. The first-order valence-corrected chi connectivity index (χ1v) is 30.7. The molecule has 4 aromatic rings. The van der Waals surface area contributed by atoms with Crippen LogP contribution in [0.3, 0.4) is 0 Å². The minimum Gasteiger partial charge on any atom is -0.343 e. The van der Waals surface area contributed by atoms with E-state index in [-0.39, 0.29) is 71.4 Å². The number of piperidine rings is 2. The summed E-state index contributed by atoms with van der Waals surface area (Å²) in [6.45, 7) is 5.93. The third-order valence-electron chi connectivity index (χ3n) is 18.2. The van der Waals surface area contributed by atoms with Gasteiger partial charge in [0.2, 0.25) is 23.6 Å². The maximum absolute atomic E-state index is 14.8. The maximum atomic E-state index is 14.8. The van der Waals surface area contributed by atoms with Crippen molar-refractivity contribution in [1.29, 1.82) is 0 Å². The Hall–Kier alpha value is -6.46. The fourth-order valence-electron chi connectivity index (χ4n) is 12.8. The number of hydrogen-bond acceptors (Lipinski definition) is 10. The van der Waals surface area contributed by atoms with E-state index in [1.165, 1.54) is 0 Å². The van der Waals surface area contributed by atoms with Gasteiger partial charge >= 0.3 is 0 Å². The standard InChI is InChI=1S/C66H92N10O6/c1-45(69-3)61(77)71-59(51-21-13-7-14-22-51)65(81)75-39-35-55(67)41-57(75)43-73(37-33-47-17-9-5-10-18-47)63(79)53-29-25-49(26-30-53)50-27-31-54(32-28-50)64(80)74(38-34-48-19-11-6-12-20-48)44-58-42-56(68)36-40-76(58)66(82)60(52-23-15-8-16-24-52)72-62(78)46(2)70-4/h5-6,9-12,17-20,25-32,45-46,51-52,55-60,69-70H,7-8,13-16,21-24,33-44,67-68H2,1-4H3,(H,71,77)(H,72,78)/t45-,46-,55+,56+,57-,58-,59-,60-/m0/s1. The van der Waals surface area contributed by atoms with E-state index < -0.39 is 24.2 Å². The van der Waals surface area contributed by atoms with Gasteiger partial charge in [-0.2, -0.15) is 0 Å². The Morgan fingerprint density at radius 2 is 0.854 bits per heavy atom. The molecule has 0 radical (unpaired) electrons. The number of rotatable bonds is 23. The lowest BCUT2D eigenvalue weighted by atomic mass is 9.82. The molecule has 82 heavy (non-hydrogen) atoms. The quantitative estimate of drug-likeness (QED) is 0.0462. The molecule has 6 amide bonds. The number of carbonyl (C=O) groups is 6. The molecule has 16 nitrogen and oxygen atoms in total. The summed E-state index contributed by atoms with van der Waals surface area (Å²) in [5.74, 6) is -0.828. The molecule has 442 valence electrons. The van der Waals surface area contributed by atoms with Crippen LogP contribution in [-0.4, -0.2) is 157 Å². The van der Waals surface area contributed by atoms with Gasteiger partial charge in [-0.05, 0) is 151 Å². The summed E-state index contributed by atoms with van der Waals surface area (Å²) in [6, 6.07) is 32.1. The van der Waals surface area contributed by atoms with Crippen molar-refractivity contribution in [3.05, 3.63) is 131 Å². The second kappa shape index (κ2) is 30.2. The molecule has 8 N–H and O–H groups in total. The van der Waals surface area contributed by atoms with Crippen molar-refractivity contribution < 1.29 is 28.8 Å². The van der Waals surface area contributed by atoms with Gasteiger partial charge in [-0.15, -0.1) is 0 Å². The normalized spacial score (nSPS) is 21.3. The molecule has 2 saturated carbocycles. The lowest BCUT2D eigenvalue weighted by molar-refractivity contribution is -0.142. The van der Waals surface area contributed by atoms with Crippen molar-refractivity contribution >= 4 is 35.4 Å². The Labute approximate surface area is 487 Å². The second-order valence-electron chi connectivity index (χ2n) is 23.9. The third kappa shape index (κ3) is 16.4. The van der Waals surface area contributed by atoms with Crippen LogP contribution in [0.2, 0.25) is 0 Å². The Balaban J connectivity index is 1.00. The van der Waals surface area contributed by atoms with Crippen molar-refractivity contribution in [2.24, 2.45) is 23.3 Å². The number of carbonyl (C=O) groups excluding carboxylic acids is 6. The van der Waals surface area contributed by atoms with Gasteiger partial charge < -0.3 is 52.3 Å². The largest absolute Gasteiger partial charge is 0.343 e. The average molecular weight is 1120 g/mol. The first-order chi connectivity index (χ1) is 39.7. The molecule has 2 aliphatic heterocycles. The minimum absolute atomic E-state index is 0.0342. The summed E-state index contributed by atoms with van der Waals surface area (Å²) in [5, 5.41) is 12.3. The van der Waals surface area contributed by atoms with Gasteiger partial charge in [0.05, 0.1) is 24.2 Å². The van der Waals surface area contributed by atoms with Crippen LogP contribution in [0, 0.1) is 11.8 Å². The summed E-state index contributed by atoms with van der Waals surface area (Å²) in [7, 11) is 3.48. The van der Waals surface area contributed by atoms with E-state index in [0.717, 1.165) is 86.5 Å². The lowest BCUT2D eigenvalue weighted by Crippen LogP contribution is -2.61. The molecule has 0 unspecified atom stereocenters. The molecule has 16 heteroatoms. The van der Waals surface area contributed by atoms with Gasteiger partial charge in [-0.1, -0.05) is 123 Å². The van der Waals surface area contributed by atoms with E-state index in [9.17, 15) is 28.8 Å². The molecule has 0 spiro atoms. The van der Waals surface area contributed by atoms with Gasteiger partial charge in [0.25, 0.3) is 11.8 Å². The number of nitrogens with one attached hydrogen (secondary N) is 4. The minimum atomic E-state index is -0.657. The van der Waals surface area contributed by atoms with Gasteiger partial charge in [0.1, 0.15) is 12.1 Å². The second-order valence-corrected chi connectivity index (χ2v) is 23.9. The first-order valence-electron chi connectivity index (χ1n) is 30.7. The maximum Gasteiger partial charge on any atom is 0.253 e. The van der Waals surface area contributed by atoms with Crippen molar-refractivity contribution in [3.8, 4) is 11.1 Å². The molecule has 2 saturated heterocycles. The molecule has 2 aliphatic carbocycles. The fourth-order valence-corrected chi connectivity index (χ4v) is 12.8. The molecule has 0 bridgehead atoms. The number of likely N-dealkylation sites (tertiary alicyclic amines) is 2. The lowest BCUT2D eigenvalue weighted by Gasteiger charge is -2.43. The smallest absolute Gasteiger partial charge is 0.253 e. The van der Waals surface area contributed by atoms with E-state index in [1.807, 2.05) is 105 Å². The first kappa shape index (κ1) is 61.6. The average Bonchev–Trinajstić information content (AvgIpc) is 3.58. The molecule has 0 aromatic heterocycles. The van der Waals surface area contributed by atoms with Crippen LogP contribution < -0.4 is 32.7 Å². The Morgan fingerprint density at radius 3 is 1.20 bits per heavy atom. The zero-order chi connectivity index (χ0) is 58.1. The van der Waals surface area contributed by atoms with Crippen LogP contribution in [0.25, 0.3) is 11.1 Å². The predicted molar refractivity (Wildman–Crippen MR) is 323 cm³/mol. The van der Waals surface area contributed by atoms with E-state index in [4.69, 9.17) is 11.5 Å². The van der Waals surface area contributed by atoms with E-state index in [0.29, 0.717) is 88.9 Å². The highest BCUT2D eigenvalue weighted by molar-refractivity contribution is 5.96. The van der Waals surface area contributed by atoms with Crippen LogP contribution in [0.4, 0.5) is 0 Å². The third-order valence-corrected chi connectivity index (χ3v) is 18.2. The number of likely N-dealkylation sites (N-methyl/N-ethyl adjacent to an activating group) is 2. The van der Waals surface area contributed by atoms with Crippen molar-refractivity contribution in [3.63, 3.8) is 0 Å². The zero-order valence-electron chi connectivity index (χ0n) is 49.1. The molecule has 2 heterocycles. The Morgan fingerprint density at radius 1 is 0.500 bits per heavy atom. The number of benzene rings is 4. The van der Waals surface area contributed by atoms with E-state index in [2.05, 4.69) is 45.5 Å². The van der Waals surface area contributed by atoms with Crippen LogP contribution in [-0.2, 0) is 32.0 Å². The fraction of sp³-hybridized carbons (Fsp3) is 0.545. The number of hydrogen-bond donors (Lipinski definition) is 6. The van der Waals surface area contributed by atoms with E-state index >= 15 is 0 Å². The Bertz CT molecular complexity index is 2520. The summed E-state index contributed by atoms with van der Waals surface area (Å²) < 4.78 is 0. The zero-order valence-corrected chi connectivity index (χ0v) is 49.1. The number of nitrogens with zero attached hydrogens (tertiary/aromatic N) is 4. The molecular weight excluding hydrogens is 1030 g/mol. The highest BCUT2D eigenvalue weighted by atomic mass is 16.2. The van der Waals surface area contributed by atoms with Crippen LogP contribution in [0.5, 0.6) is 0 Å². The molecule has 4 fully saturated rings. The predicted octanol–water partition coefficient (Wildman–Crippen LogP) is 6.71. The van der Waals surface area contributed by atoms with Gasteiger partial charge in [-0.3, -0.25) is 28.8 Å². The van der Waals surface area contributed by atoms with Gasteiger partial charge in [0.15, 0.2) is 0 Å². The number of nitrogens with two attached hydrogens (primary N) is 2. The van der Waals surface area contributed by atoms with Crippen molar-refractivity contribution in [2.75, 3.05) is 53.4 Å². The summed E-state index contributed by atoms with van der Waals surface area (Å²) >= 11 is 0. The number of amides is 6. The summed E-state index contributed by atoms with van der Waals surface area (Å²) in [4.78, 5) is 93.7. The van der Waals surface area contributed by atoms with Crippen LogP contribution in [0.1, 0.15) is 136 Å². The Kier molecular flexibility index (Phi) is 22.7. The van der Waals surface area contributed by atoms with Crippen LogP contribution in [0.15, 0.2) is 109 Å².